The Labute approximate surface area is 133 Å². The van der Waals surface area contributed by atoms with Crippen LogP contribution < -0.4 is 5.32 Å². The van der Waals surface area contributed by atoms with Crippen molar-refractivity contribution in [3.8, 4) is 11.3 Å². The van der Waals surface area contributed by atoms with E-state index in [2.05, 4.69) is 20.5 Å². The molecule has 0 unspecified atom stereocenters. The zero-order chi connectivity index (χ0) is 15.8. The second kappa shape index (κ2) is 5.24. The largest absolute Gasteiger partial charge is 0.308 e. The highest BCUT2D eigenvalue weighted by Crippen LogP contribution is 2.23. The van der Waals surface area contributed by atoms with E-state index < -0.39 is 0 Å². The van der Waals surface area contributed by atoms with Crippen LogP contribution in [0.3, 0.4) is 0 Å². The lowest BCUT2D eigenvalue weighted by Gasteiger charge is -2.08. The van der Waals surface area contributed by atoms with Crippen LogP contribution in [0.15, 0.2) is 48.7 Å². The summed E-state index contributed by atoms with van der Waals surface area (Å²) in [4.78, 5) is 9.31. The molecule has 4 rings (SSSR count). The second-order valence-electron chi connectivity index (χ2n) is 5.50. The second-order valence-corrected chi connectivity index (χ2v) is 5.50. The van der Waals surface area contributed by atoms with Gasteiger partial charge in [0.05, 0.1) is 11.4 Å². The number of aromatic amines is 1. The molecule has 3 aromatic heterocycles. The van der Waals surface area contributed by atoms with Crippen molar-refractivity contribution in [1.29, 1.82) is 0 Å². The Hall–Kier alpha value is -3.15. The van der Waals surface area contributed by atoms with Gasteiger partial charge in [-0.05, 0) is 13.8 Å². The van der Waals surface area contributed by atoms with Gasteiger partial charge in [0.1, 0.15) is 5.65 Å². The highest BCUT2D eigenvalue weighted by Gasteiger charge is 2.11. The Bertz CT molecular complexity index is 967. The number of hydrogen-bond acceptors (Lipinski definition) is 4. The number of benzene rings is 1. The van der Waals surface area contributed by atoms with Crippen LogP contribution in [-0.2, 0) is 0 Å². The third-order valence-corrected chi connectivity index (χ3v) is 3.59. The quantitative estimate of drug-likeness (QED) is 0.608. The Morgan fingerprint density at radius 3 is 2.61 bits per heavy atom. The fourth-order valence-corrected chi connectivity index (χ4v) is 2.55. The first-order valence-corrected chi connectivity index (χ1v) is 7.40. The van der Waals surface area contributed by atoms with Gasteiger partial charge >= 0.3 is 0 Å². The number of nitrogens with zero attached hydrogens (tertiary/aromatic N) is 4. The normalized spacial score (nSPS) is 11.0. The molecule has 2 N–H and O–H groups in total. The first-order valence-electron chi connectivity index (χ1n) is 7.40. The van der Waals surface area contributed by atoms with Gasteiger partial charge in [-0.3, -0.25) is 9.50 Å². The summed E-state index contributed by atoms with van der Waals surface area (Å²) >= 11 is 0. The van der Waals surface area contributed by atoms with Crippen LogP contribution in [0.2, 0.25) is 0 Å². The fourth-order valence-electron chi connectivity index (χ4n) is 2.55. The van der Waals surface area contributed by atoms with E-state index in [9.17, 15) is 0 Å². The lowest BCUT2D eigenvalue weighted by molar-refractivity contribution is 1.03. The monoisotopic (exact) mass is 304 g/mol. The first kappa shape index (κ1) is 13.5. The maximum absolute atomic E-state index is 4.75. The molecule has 114 valence electrons. The molecule has 0 amide bonds. The van der Waals surface area contributed by atoms with Crippen molar-refractivity contribution in [1.82, 2.24) is 24.6 Å². The van der Waals surface area contributed by atoms with Gasteiger partial charge in [-0.15, -0.1) is 0 Å². The van der Waals surface area contributed by atoms with E-state index in [1.807, 2.05) is 66.9 Å². The SMILES string of the molecule is Cc1cn2c(Nc3cc(C)[nH]n3)nc(-c3ccccc3)cc2n1. The van der Waals surface area contributed by atoms with Gasteiger partial charge in [0, 0.05) is 29.6 Å². The van der Waals surface area contributed by atoms with Crippen LogP contribution in [-0.4, -0.2) is 24.6 Å². The van der Waals surface area contributed by atoms with Crippen LogP contribution in [0.4, 0.5) is 11.8 Å². The summed E-state index contributed by atoms with van der Waals surface area (Å²) in [5, 5.41) is 10.4. The Morgan fingerprint density at radius 2 is 1.87 bits per heavy atom. The number of H-pyrrole nitrogens is 1. The summed E-state index contributed by atoms with van der Waals surface area (Å²) in [6, 6.07) is 14.0. The number of nitrogens with one attached hydrogen (secondary N) is 2. The van der Waals surface area contributed by atoms with Gasteiger partial charge in [0.25, 0.3) is 0 Å². The number of anilines is 2. The molecular formula is C17H16N6. The Morgan fingerprint density at radius 1 is 1.04 bits per heavy atom. The summed E-state index contributed by atoms with van der Waals surface area (Å²) in [5.74, 6) is 1.42. The zero-order valence-electron chi connectivity index (χ0n) is 12.9. The van der Waals surface area contributed by atoms with Crippen LogP contribution >= 0.6 is 0 Å². The molecule has 0 bridgehead atoms. The van der Waals surface area contributed by atoms with E-state index in [1.165, 1.54) is 0 Å². The van der Waals surface area contributed by atoms with Crippen molar-refractivity contribution in [3.05, 3.63) is 60.0 Å². The number of aromatic nitrogens is 5. The summed E-state index contributed by atoms with van der Waals surface area (Å²) in [7, 11) is 0. The highest BCUT2D eigenvalue weighted by atomic mass is 15.3. The summed E-state index contributed by atoms with van der Waals surface area (Å²) < 4.78 is 1.94. The Balaban J connectivity index is 1.87. The molecule has 0 aliphatic rings. The van der Waals surface area contributed by atoms with Gasteiger partial charge in [0.2, 0.25) is 5.95 Å². The number of rotatable bonds is 3. The molecule has 0 saturated carbocycles. The van der Waals surface area contributed by atoms with Gasteiger partial charge in [-0.1, -0.05) is 30.3 Å². The third-order valence-electron chi connectivity index (χ3n) is 3.59. The molecule has 6 heteroatoms. The maximum atomic E-state index is 4.75. The van der Waals surface area contributed by atoms with Crippen LogP contribution in [0.5, 0.6) is 0 Å². The minimum Gasteiger partial charge on any atom is -0.308 e. The third kappa shape index (κ3) is 2.55. The predicted octanol–water partition coefficient (Wildman–Crippen LogP) is 3.48. The van der Waals surface area contributed by atoms with Crippen molar-refractivity contribution in [2.24, 2.45) is 0 Å². The molecular weight excluding hydrogens is 288 g/mol. The van der Waals surface area contributed by atoms with Crippen LogP contribution in [0.25, 0.3) is 16.9 Å². The van der Waals surface area contributed by atoms with E-state index in [0.717, 1.165) is 34.1 Å². The summed E-state index contributed by atoms with van der Waals surface area (Å²) in [5.41, 5.74) is 4.71. The molecule has 0 saturated heterocycles. The van der Waals surface area contributed by atoms with Crippen LogP contribution in [0, 0.1) is 13.8 Å². The Kier molecular flexibility index (Phi) is 3.08. The van der Waals surface area contributed by atoms with E-state index in [4.69, 9.17) is 4.98 Å². The highest BCUT2D eigenvalue weighted by molar-refractivity contribution is 5.67. The van der Waals surface area contributed by atoms with Crippen molar-refractivity contribution >= 4 is 17.4 Å². The lowest BCUT2D eigenvalue weighted by atomic mass is 10.1. The maximum Gasteiger partial charge on any atom is 0.215 e. The van der Waals surface area contributed by atoms with Gasteiger partial charge in [-0.25, -0.2) is 9.97 Å². The number of imidazole rings is 1. The van der Waals surface area contributed by atoms with Crippen molar-refractivity contribution in [3.63, 3.8) is 0 Å². The molecule has 23 heavy (non-hydrogen) atoms. The predicted molar refractivity (Wildman–Crippen MR) is 89.8 cm³/mol. The van der Waals surface area contributed by atoms with E-state index in [1.54, 1.807) is 0 Å². The smallest absolute Gasteiger partial charge is 0.215 e. The molecule has 0 aliphatic heterocycles. The molecule has 1 aromatic carbocycles. The zero-order valence-corrected chi connectivity index (χ0v) is 12.9. The summed E-state index contributed by atoms with van der Waals surface area (Å²) in [6.07, 6.45) is 1.96. The summed E-state index contributed by atoms with van der Waals surface area (Å²) in [6.45, 7) is 3.93. The van der Waals surface area contributed by atoms with Gasteiger partial charge in [-0.2, -0.15) is 5.10 Å². The fraction of sp³-hybridized carbons (Fsp3) is 0.118. The molecule has 3 heterocycles. The van der Waals surface area contributed by atoms with E-state index in [-0.39, 0.29) is 0 Å². The average molecular weight is 304 g/mol. The minimum absolute atomic E-state index is 0.688. The lowest BCUT2D eigenvalue weighted by Crippen LogP contribution is -2.02. The number of hydrogen-bond donors (Lipinski definition) is 2. The number of aryl methyl sites for hydroxylation is 2. The molecule has 0 atom stereocenters. The van der Waals surface area contributed by atoms with Gasteiger partial charge < -0.3 is 5.32 Å². The minimum atomic E-state index is 0.688. The molecule has 4 aromatic rings. The number of fused-ring (bicyclic) bond motifs is 1. The molecule has 0 aliphatic carbocycles. The van der Waals surface area contributed by atoms with Gasteiger partial charge in [0.15, 0.2) is 5.82 Å². The average Bonchev–Trinajstić information content (AvgIpc) is 3.13. The van der Waals surface area contributed by atoms with E-state index in [0.29, 0.717) is 5.95 Å². The molecule has 0 fully saturated rings. The van der Waals surface area contributed by atoms with Crippen molar-refractivity contribution < 1.29 is 0 Å². The van der Waals surface area contributed by atoms with Crippen molar-refractivity contribution in [2.75, 3.05) is 5.32 Å². The van der Waals surface area contributed by atoms with Crippen molar-refractivity contribution in [2.45, 2.75) is 13.8 Å². The molecule has 0 spiro atoms. The standard InChI is InChI=1S/C17H16N6/c1-11-8-15(22-21-11)20-17-19-14(13-6-4-3-5-7-13)9-16-18-12(2)10-23(16)17/h3-10H,1-2H3,(H2,19,20,21,22). The molecule has 0 radical (unpaired) electrons. The molecule has 6 nitrogen and oxygen atoms in total. The van der Waals surface area contributed by atoms with Crippen LogP contribution in [0.1, 0.15) is 11.4 Å². The van der Waals surface area contributed by atoms with E-state index >= 15 is 0 Å². The topological polar surface area (TPSA) is 70.9 Å². The first-order chi connectivity index (χ1) is 11.2.